The molecule has 0 aromatic carbocycles. The predicted octanol–water partition coefficient (Wildman–Crippen LogP) is -0.134. The van der Waals surface area contributed by atoms with E-state index in [1.54, 1.807) is 20.8 Å². The minimum absolute atomic E-state index is 0.156. The summed E-state index contributed by atoms with van der Waals surface area (Å²) >= 11 is 0. The van der Waals surface area contributed by atoms with Gasteiger partial charge in [0.05, 0.1) is 19.8 Å². The number of hydrogen-bond donors (Lipinski definition) is 3. The first-order valence-electron chi connectivity index (χ1n) is 9.69. The maximum absolute atomic E-state index is 12.6. The second-order valence-electron chi connectivity index (χ2n) is 8.07. The Morgan fingerprint density at radius 2 is 1.67 bits per heavy atom. The van der Waals surface area contributed by atoms with Crippen LogP contribution in [0.25, 0.3) is 0 Å². The number of rotatable bonds is 9. The fraction of sp³-hybridized carbons (Fsp3) is 0.789. The number of alkyl carbamates (subject to hydrolysis) is 1. The molecule has 1 aliphatic heterocycles. The highest BCUT2D eigenvalue weighted by molar-refractivity contribution is 5.87. The van der Waals surface area contributed by atoms with E-state index in [9.17, 15) is 19.2 Å². The van der Waals surface area contributed by atoms with Crippen molar-refractivity contribution in [1.82, 2.24) is 16.0 Å². The smallest absolute Gasteiger partial charge is 0.408 e. The maximum atomic E-state index is 12.6. The molecule has 3 amide bonds. The van der Waals surface area contributed by atoms with Gasteiger partial charge in [-0.2, -0.15) is 0 Å². The topological polar surface area (TPSA) is 141 Å². The molecule has 0 spiro atoms. The van der Waals surface area contributed by atoms with E-state index in [-0.39, 0.29) is 12.5 Å². The summed E-state index contributed by atoms with van der Waals surface area (Å²) in [7, 11) is 2.73. The van der Waals surface area contributed by atoms with E-state index in [0.717, 1.165) is 0 Å². The Kier molecular flexibility index (Phi) is 9.50. The number of methoxy groups -OCH3 is 2. The SMILES string of the molecule is COC(=O)[C@H](C)NC(=O)C[C@H](NC(=O)[C@H](C)NC(=O)OC(C)(C)C)[C@H]1OC[C@H]1OC. The van der Waals surface area contributed by atoms with Crippen LogP contribution in [0.2, 0.25) is 0 Å². The molecule has 0 unspecified atom stereocenters. The molecule has 1 heterocycles. The molecule has 11 heteroatoms. The van der Waals surface area contributed by atoms with Crippen molar-refractivity contribution < 1.29 is 38.1 Å². The standard InChI is InChI=1S/C19H33N3O8/c1-10(21-18(26)30-19(3,4)5)16(24)22-12(15-13(27-6)9-29-15)8-14(23)20-11(2)17(25)28-7/h10-13,15H,8-9H2,1-7H3,(H,20,23)(H,21,26)(H,22,24)/t10-,11-,12-,13+,15+/m0/s1. The highest BCUT2D eigenvalue weighted by Gasteiger charge is 2.41. The summed E-state index contributed by atoms with van der Waals surface area (Å²) in [6.45, 7) is 8.44. The van der Waals surface area contributed by atoms with Crippen molar-refractivity contribution in [3.8, 4) is 0 Å². The van der Waals surface area contributed by atoms with Crippen molar-refractivity contribution in [3.05, 3.63) is 0 Å². The predicted molar refractivity (Wildman–Crippen MR) is 106 cm³/mol. The summed E-state index contributed by atoms with van der Waals surface area (Å²) in [5, 5.41) is 7.66. The first kappa shape index (κ1) is 25.6. The lowest BCUT2D eigenvalue weighted by molar-refractivity contribution is -0.189. The summed E-state index contributed by atoms with van der Waals surface area (Å²) in [6, 6.07) is -2.49. The van der Waals surface area contributed by atoms with E-state index >= 15 is 0 Å². The average molecular weight is 431 g/mol. The molecule has 3 N–H and O–H groups in total. The molecular formula is C19H33N3O8. The van der Waals surface area contributed by atoms with Crippen LogP contribution in [0.4, 0.5) is 4.79 Å². The van der Waals surface area contributed by atoms with Crippen LogP contribution in [0.3, 0.4) is 0 Å². The van der Waals surface area contributed by atoms with Gasteiger partial charge in [-0.1, -0.05) is 0 Å². The molecule has 0 saturated carbocycles. The number of carbonyl (C=O) groups is 4. The fourth-order valence-corrected chi connectivity index (χ4v) is 2.71. The second-order valence-corrected chi connectivity index (χ2v) is 8.07. The fourth-order valence-electron chi connectivity index (χ4n) is 2.71. The van der Waals surface area contributed by atoms with Gasteiger partial charge in [0.15, 0.2) is 0 Å². The van der Waals surface area contributed by atoms with Gasteiger partial charge in [-0.3, -0.25) is 9.59 Å². The third-order valence-corrected chi connectivity index (χ3v) is 4.31. The highest BCUT2D eigenvalue weighted by Crippen LogP contribution is 2.21. The lowest BCUT2D eigenvalue weighted by atomic mass is 9.97. The minimum atomic E-state index is -0.916. The van der Waals surface area contributed by atoms with Crippen molar-refractivity contribution in [2.75, 3.05) is 20.8 Å². The Bertz CT molecular complexity index is 632. The first-order chi connectivity index (χ1) is 13.9. The normalized spacial score (nSPS) is 21.3. The van der Waals surface area contributed by atoms with Crippen LogP contribution in [0, 0.1) is 0 Å². The Hall–Kier alpha value is -2.40. The van der Waals surface area contributed by atoms with Crippen molar-refractivity contribution in [1.29, 1.82) is 0 Å². The van der Waals surface area contributed by atoms with E-state index < -0.39 is 53.7 Å². The molecule has 1 aliphatic rings. The van der Waals surface area contributed by atoms with Crippen LogP contribution in [0.15, 0.2) is 0 Å². The Balaban J connectivity index is 2.74. The quantitative estimate of drug-likeness (QED) is 0.429. The molecule has 1 fully saturated rings. The molecule has 0 aromatic rings. The van der Waals surface area contributed by atoms with Gasteiger partial charge in [0, 0.05) is 13.5 Å². The monoisotopic (exact) mass is 431 g/mol. The molecule has 1 saturated heterocycles. The van der Waals surface area contributed by atoms with Crippen LogP contribution in [0.1, 0.15) is 41.0 Å². The molecule has 0 bridgehead atoms. The van der Waals surface area contributed by atoms with Crippen LogP contribution in [0.5, 0.6) is 0 Å². The number of esters is 1. The van der Waals surface area contributed by atoms with Crippen LogP contribution >= 0.6 is 0 Å². The maximum Gasteiger partial charge on any atom is 0.408 e. The van der Waals surface area contributed by atoms with Crippen LogP contribution in [-0.2, 0) is 33.3 Å². The second kappa shape index (κ2) is 11.1. The van der Waals surface area contributed by atoms with E-state index in [1.807, 2.05) is 0 Å². The average Bonchev–Trinajstić information content (AvgIpc) is 2.58. The van der Waals surface area contributed by atoms with Gasteiger partial charge in [-0.25, -0.2) is 9.59 Å². The number of ether oxygens (including phenoxy) is 4. The zero-order valence-corrected chi connectivity index (χ0v) is 18.6. The summed E-state index contributed by atoms with van der Waals surface area (Å²) in [4.78, 5) is 48.3. The third kappa shape index (κ3) is 8.15. The molecule has 5 atom stereocenters. The number of carbonyl (C=O) groups excluding carboxylic acids is 4. The molecular weight excluding hydrogens is 398 g/mol. The molecule has 0 aliphatic carbocycles. The summed E-state index contributed by atoms with van der Waals surface area (Å²) < 4.78 is 20.5. The van der Waals surface area contributed by atoms with Gasteiger partial charge in [-0.05, 0) is 34.6 Å². The highest BCUT2D eigenvalue weighted by atomic mass is 16.6. The molecule has 11 nitrogen and oxygen atoms in total. The van der Waals surface area contributed by atoms with E-state index in [4.69, 9.17) is 14.2 Å². The van der Waals surface area contributed by atoms with Crippen LogP contribution in [-0.4, -0.2) is 80.6 Å². The van der Waals surface area contributed by atoms with Gasteiger partial charge in [0.1, 0.15) is 29.9 Å². The van der Waals surface area contributed by atoms with Crippen molar-refractivity contribution in [2.24, 2.45) is 0 Å². The van der Waals surface area contributed by atoms with E-state index in [0.29, 0.717) is 6.61 Å². The van der Waals surface area contributed by atoms with Crippen LogP contribution < -0.4 is 16.0 Å². The van der Waals surface area contributed by atoms with Gasteiger partial charge in [0.25, 0.3) is 0 Å². The van der Waals surface area contributed by atoms with Crippen molar-refractivity contribution >= 4 is 23.9 Å². The zero-order chi connectivity index (χ0) is 23.1. The summed E-state index contributed by atoms with van der Waals surface area (Å²) in [5.74, 6) is -1.59. The van der Waals surface area contributed by atoms with Gasteiger partial charge in [-0.15, -0.1) is 0 Å². The summed E-state index contributed by atoms with van der Waals surface area (Å²) in [6.07, 6.45) is -1.74. The first-order valence-corrected chi connectivity index (χ1v) is 9.69. The molecule has 30 heavy (non-hydrogen) atoms. The van der Waals surface area contributed by atoms with E-state index in [1.165, 1.54) is 28.1 Å². The Morgan fingerprint density at radius 1 is 1.03 bits per heavy atom. The molecule has 1 rings (SSSR count). The minimum Gasteiger partial charge on any atom is -0.467 e. The number of amides is 3. The summed E-state index contributed by atoms with van der Waals surface area (Å²) in [5.41, 5.74) is -0.706. The number of hydrogen-bond acceptors (Lipinski definition) is 8. The Labute approximate surface area is 176 Å². The van der Waals surface area contributed by atoms with Gasteiger partial charge >= 0.3 is 12.1 Å². The third-order valence-electron chi connectivity index (χ3n) is 4.31. The lowest BCUT2D eigenvalue weighted by Crippen LogP contribution is -2.61. The lowest BCUT2D eigenvalue weighted by Gasteiger charge is -2.41. The number of nitrogens with one attached hydrogen (secondary N) is 3. The Morgan fingerprint density at radius 3 is 2.13 bits per heavy atom. The van der Waals surface area contributed by atoms with E-state index in [2.05, 4.69) is 20.7 Å². The molecule has 0 aromatic heterocycles. The van der Waals surface area contributed by atoms with Crippen molar-refractivity contribution in [3.63, 3.8) is 0 Å². The largest absolute Gasteiger partial charge is 0.467 e. The van der Waals surface area contributed by atoms with Crippen molar-refractivity contribution in [2.45, 2.75) is 77.0 Å². The molecule has 0 radical (unpaired) electrons. The van der Waals surface area contributed by atoms with Gasteiger partial charge < -0.3 is 34.9 Å². The van der Waals surface area contributed by atoms with Gasteiger partial charge in [0.2, 0.25) is 11.8 Å². The zero-order valence-electron chi connectivity index (χ0n) is 18.6. The molecule has 172 valence electrons.